The number of hydrogen-bond acceptors (Lipinski definition) is 4. The fourth-order valence-electron chi connectivity index (χ4n) is 3.15. The van der Waals surface area contributed by atoms with Gasteiger partial charge in [0.2, 0.25) is 0 Å². The highest BCUT2D eigenvalue weighted by atomic mass is 16.5. The van der Waals surface area contributed by atoms with Crippen LogP contribution in [0.1, 0.15) is 19.8 Å². The van der Waals surface area contributed by atoms with E-state index in [1.54, 1.807) is 11.8 Å². The number of amides is 1. The van der Waals surface area contributed by atoms with Gasteiger partial charge in [-0.25, -0.2) is 0 Å². The van der Waals surface area contributed by atoms with Crippen molar-refractivity contribution in [3.63, 3.8) is 0 Å². The van der Waals surface area contributed by atoms with E-state index in [1.807, 2.05) is 42.5 Å². The molecule has 0 bridgehead atoms. The molecule has 1 aliphatic rings. The van der Waals surface area contributed by atoms with Crippen LogP contribution in [0.15, 0.2) is 42.5 Å². The zero-order chi connectivity index (χ0) is 17.6. The zero-order valence-corrected chi connectivity index (χ0v) is 14.4. The summed E-state index contributed by atoms with van der Waals surface area (Å²) in [6, 6.07) is 13.8. The van der Waals surface area contributed by atoms with Gasteiger partial charge in [0.05, 0.1) is 12.5 Å². The summed E-state index contributed by atoms with van der Waals surface area (Å²) in [5.41, 5.74) is 0. The Morgan fingerprint density at radius 2 is 1.96 bits per heavy atom. The molecule has 1 heterocycles. The molecule has 2 aromatic carbocycles. The van der Waals surface area contributed by atoms with E-state index in [2.05, 4.69) is 0 Å². The lowest BCUT2D eigenvalue weighted by molar-refractivity contribution is -0.151. The van der Waals surface area contributed by atoms with Crippen molar-refractivity contribution >= 4 is 22.6 Å². The number of ether oxygens (including phenoxy) is 2. The average molecular weight is 341 g/mol. The fourth-order valence-corrected chi connectivity index (χ4v) is 3.15. The van der Waals surface area contributed by atoms with E-state index in [0.717, 1.165) is 23.6 Å². The molecule has 1 fully saturated rings. The summed E-state index contributed by atoms with van der Waals surface area (Å²) in [5.74, 6) is 0.141. The van der Waals surface area contributed by atoms with E-state index >= 15 is 0 Å². The van der Waals surface area contributed by atoms with Gasteiger partial charge < -0.3 is 14.4 Å². The highest BCUT2D eigenvalue weighted by Gasteiger charge is 2.29. The van der Waals surface area contributed by atoms with E-state index in [0.29, 0.717) is 25.4 Å². The Bertz CT molecular complexity index is 758. The van der Waals surface area contributed by atoms with Crippen LogP contribution < -0.4 is 4.74 Å². The summed E-state index contributed by atoms with van der Waals surface area (Å²) in [4.78, 5) is 26.0. The maximum atomic E-state index is 12.4. The largest absolute Gasteiger partial charge is 0.484 e. The minimum Gasteiger partial charge on any atom is -0.484 e. The first kappa shape index (κ1) is 17.3. The molecule has 0 aromatic heterocycles. The van der Waals surface area contributed by atoms with Crippen molar-refractivity contribution < 1.29 is 19.1 Å². The van der Waals surface area contributed by atoms with E-state index in [9.17, 15) is 9.59 Å². The van der Waals surface area contributed by atoms with Gasteiger partial charge in [0.25, 0.3) is 5.91 Å². The number of carbonyl (C=O) groups is 2. The quantitative estimate of drug-likeness (QED) is 0.785. The van der Waals surface area contributed by atoms with Crippen LogP contribution in [0, 0.1) is 5.92 Å². The Kier molecular flexibility index (Phi) is 5.53. The van der Waals surface area contributed by atoms with Crippen LogP contribution in [0.2, 0.25) is 0 Å². The van der Waals surface area contributed by atoms with Gasteiger partial charge in [-0.1, -0.05) is 30.3 Å². The minimum absolute atomic E-state index is 0.0200. The van der Waals surface area contributed by atoms with Gasteiger partial charge in [0, 0.05) is 13.1 Å². The Labute approximate surface area is 147 Å². The average Bonchev–Trinajstić information content (AvgIpc) is 2.66. The van der Waals surface area contributed by atoms with Crippen molar-refractivity contribution in [3.8, 4) is 5.75 Å². The molecule has 0 radical (unpaired) electrons. The second-order valence-electron chi connectivity index (χ2n) is 6.23. The smallest absolute Gasteiger partial charge is 0.310 e. The standard InChI is InChI=1S/C20H23NO4/c1-2-24-20(23)17-8-5-11-21(13-17)19(22)14-25-18-10-9-15-6-3-4-7-16(15)12-18/h3-4,6-7,9-10,12,17H,2,5,8,11,13-14H2,1H3/t17-/m0/s1. The summed E-state index contributed by atoms with van der Waals surface area (Å²) in [5, 5.41) is 2.21. The summed E-state index contributed by atoms with van der Waals surface area (Å²) in [6.07, 6.45) is 1.58. The summed E-state index contributed by atoms with van der Waals surface area (Å²) < 4.78 is 10.7. The second kappa shape index (κ2) is 8.01. The molecule has 0 N–H and O–H groups in total. The number of likely N-dealkylation sites (tertiary alicyclic amines) is 1. The summed E-state index contributed by atoms with van der Waals surface area (Å²) in [6.45, 7) is 3.22. The van der Waals surface area contributed by atoms with Crippen molar-refractivity contribution in [2.45, 2.75) is 19.8 Å². The first-order valence-electron chi connectivity index (χ1n) is 8.73. The third-order valence-corrected chi connectivity index (χ3v) is 4.48. The van der Waals surface area contributed by atoms with Crippen molar-refractivity contribution in [2.24, 2.45) is 5.92 Å². The molecule has 3 rings (SSSR count). The number of piperidine rings is 1. The van der Waals surface area contributed by atoms with Crippen LogP contribution >= 0.6 is 0 Å². The number of hydrogen-bond donors (Lipinski definition) is 0. The molecule has 5 nitrogen and oxygen atoms in total. The Balaban J connectivity index is 1.56. The highest BCUT2D eigenvalue weighted by molar-refractivity contribution is 5.84. The van der Waals surface area contributed by atoms with E-state index in [-0.39, 0.29) is 24.4 Å². The Hall–Kier alpha value is -2.56. The minimum atomic E-state index is -0.224. The molecule has 0 spiro atoms. The maximum absolute atomic E-state index is 12.4. The van der Waals surface area contributed by atoms with Gasteiger partial charge in [-0.2, -0.15) is 0 Å². The maximum Gasteiger partial charge on any atom is 0.310 e. The zero-order valence-electron chi connectivity index (χ0n) is 14.4. The van der Waals surface area contributed by atoms with Crippen molar-refractivity contribution in [2.75, 3.05) is 26.3 Å². The van der Waals surface area contributed by atoms with Gasteiger partial charge in [-0.15, -0.1) is 0 Å². The molecule has 132 valence electrons. The summed E-state index contributed by atoms with van der Waals surface area (Å²) >= 11 is 0. The number of rotatable bonds is 5. The number of esters is 1. The van der Waals surface area contributed by atoms with Crippen LogP contribution in [0.3, 0.4) is 0 Å². The third-order valence-electron chi connectivity index (χ3n) is 4.48. The Morgan fingerprint density at radius 3 is 2.76 bits per heavy atom. The normalized spacial score (nSPS) is 17.3. The van der Waals surface area contributed by atoms with Crippen molar-refractivity contribution in [1.82, 2.24) is 4.90 Å². The Morgan fingerprint density at radius 1 is 1.16 bits per heavy atom. The predicted molar refractivity (Wildman–Crippen MR) is 95.4 cm³/mol. The van der Waals surface area contributed by atoms with Gasteiger partial charge in [0.15, 0.2) is 6.61 Å². The van der Waals surface area contributed by atoms with Crippen LogP contribution in [0.25, 0.3) is 10.8 Å². The van der Waals surface area contributed by atoms with Crippen LogP contribution in [0.4, 0.5) is 0 Å². The molecule has 1 atom stereocenters. The van der Waals surface area contributed by atoms with Crippen LogP contribution in [-0.4, -0.2) is 43.1 Å². The van der Waals surface area contributed by atoms with Crippen molar-refractivity contribution in [1.29, 1.82) is 0 Å². The third kappa shape index (κ3) is 4.29. The molecule has 1 aliphatic heterocycles. The molecule has 25 heavy (non-hydrogen) atoms. The molecule has 1 amide bonds. The predicted octanol–water partition coefficient (Wildman–Crippen LogP) is 3.02. The number of carbonyl (C=O) groups excluding carboxylic acids is 2. The van der Waals surface area contributed by atoms with E-state index in [1.165, 1.54) is 0 Å². The van der Waals surface area contributed by atoms with Crippen LogP contribution in [-0.2, 0) is 14.3 Å². The summed E-state index contributed by atoms with van der Waals surface area (Å²) in [7, 11) is 0. The van der Waals surface area contributed by atoms with Gasteiger partial charge in [-0.05, 0) is 42.7 Å². The van der Waals surface area contributed by atoms with Gasteiger partial charge in [0.1, 0.15) is 5.75 Å². The SMILES string of the molecule is CCOC(=O)[C@H]1CCCN(C(=O)COc2ccc3ccccc3c2)C1. The first-order chi connectivity index (χ1) is 12.2. The van der Waals surface area contributed by atoms with E-state index < -0.39 is 0 Å². The molecular formula is C20H23NO4. The monoisotopic (exact) mass is 341 g/mol. The van der Waals surface area contributed by atoms with Gasteiger partial charge in [-0.3, -0.25) is 9.59 Å². The number of fused-ring (bicyclic) bond motifs is 1. The molecule has 0 unspecified atom stereocenters. The topological polar surface area (TPSA) is 55.8 Å². The molecule has 5 heteroatoms. The number of nitrogens with zero attached hydrogens (tertiary/aromatic N) is 1. The van der Waals surface area contributed by atoms with Gasteiger partial charge >= 0.3 is 5.97 Å². The lowest BCUT2D eigenvalue weighted by Crippen LogP contribution is -2.44. The molecule has 0 aliphatic carbocycles. The second-order valence-corrected chi connectivity index (χ2v) is 6.23. The van der Waals surface area contributed by atoms with Crippen molar-refractivity contribution in [3.05, 3.63) is 42.5 Å². The molecular weight excluding hydrogens is 318 g/mol. The van der Waals surface area contributed by atoms with Crippen LogP contribution in [0.5, 0.6) is 5.75 Å². The number of benzene rings is 2. The van der Waals surface area contributed by atoms with E-state index in [4.69, 9.17) is 9.47 Å². The molecule has 1 saturated heterocycles. The molecule has 0 saturated carbocycles. The fraction of sp³-hybridized carbons (Fsp3) is 0.400. The highest BCUT2D eigenvalue weighted by Crippen LogP contribution is 2.21. The lowest BCUT2D eigenvalue weighted by atomic mass is 9.98. The molecule has 2 aromatic rings. The lowest BCUT2D eigenvalue weighted by Gasteiger charge is -2.31. The first-order valence-corrected chi connectivity index (χ1v) is 8.73.